The predicted octanol–water partition coefficient (Wildman–Crippen LogP) is 5.24. The van der Waals surface area contributed by atoms with Gasteiger partial charge >= 0.3 is 5.97 Å². The standard InChI is InChI=1S/C25H25NO4/c1-3-28-25(27)18-30-26-19(2)21-12-14-22(15-13-21)23-10-7-11-24(16-23)29-17-20-8-5-4-6-9-20/h4-16H,3,17-18H2,1-2H3. The fraction of sp³-hybridized carbons (Fsp3) is 0.200. The summed E-state index contributed by atoms with van der Waals surface area (Å²) in [5.41, 5.74) is 4.88. The van der Waals surface area contributed by atoms with Gasteiger partial charge in [-0.05, 0) is 48.2 Å². The molecule has 0 heterocycles. The topological polar surface area (TPSA) is 57.1 Å². The van der Waals surface area contributed by atoms with Crippen LogP contribution in [0.4, 0.5) is 0 Å². The second-order valence-electron chi connectivity index (χ2n) is 6.63. The van der Waals surface area contributed by atoms with E-state index in [2.05, 4.69) is 5.16 Å². The van der Waals surface area contributed by atoms with Gasteiger partial charge in [-0.2, -0.15) is 0 Å². The Morgan fingerprint density at radius 3 is 2.40 bits per heavy atom. The molecule has 0 radical (unpaired) electrons. The summed E-state index contributed by atoms with van der Waals surface area (Å²) in [5.74, 6) is 0.393. The fourth-order valence-electron chi connectivity index (χ4n) is 2.85. The molecule has 5 nitrogen and oxygen atoms in total. The van der Waals surface area contributed by atoms with E-state index in [0.717, 1.165) is 28.0 Å². The van der Waals surface area contributed by atoms with Gasteiger partial charge in [0.2, 0.25) is 6.61 Å². The molecule has 30 heavy (non-hydrogen) atoms. The number of oxime groups is 1. The molecule has 3 aromatic carbocycles. The number of carbonyl (C=O) groups is 1. The molecule has 5 heteroatoms. The van der Waals surface area contributed by atoms with Crippen molar-refractivity contribution in [2.24, 2.45) is 5.16 Å². The molecule has 3 rings (SSSR count). The van der Waals surface area contributed by atoms with Crippen molar-refractivity contribution in [3.05, 3.63) is 90.0 Å². The van der Waals surface area contributed by atoms with Crippen LogP contribution >= 0.6 is 0 Å². The lowest BCUT2D eigenvalue weighted by Crippen LogP contribution is -2.11. The van der Waals surface area contributed by atoms with Crippen molar-refractivity contribution in [1.82, 2.24) is 0 Å². The van der Waals surface area contributed by atoms with Crippen LogP contribution in [0.3, 0.4) is 0 Å². The zero-order valence-electron chi connectivity index (χ0n) is 17.2. The Kier molecular flexibility index (Phi) is 7.61. The van der Waals surface area contributed by atoms with E-state index in [1.54, 1.807) is 6.92 Å². The quantitative estimate of drug-likeness (QED) is 0.279. The van der Waals surface area contributed by atoms with Crippen molar-refractivity contribution in [2.75, 3.05) is 13.2 Å². The normalized spacial score (nSPS) is 11.1. The molecule has 0 atom stereocenters. The highest BCUT2D eigenvalue weighted by atomic mass is 16.7. The summed E-state index contributed by atoms with van der Waals surface area (Å²) in [7, 11) is 0. The van der Waals surface area contributed by atoms with Crippen molar-refractivity contribution < 1.29 is 19.1 Å². The monoisotopic (exact) mass is 403 g/mol. The molecule has 3 aromatic rings. The summed E-state index contributed by atoms with van der Waals surface area (Å²) >= 11 is 0. The molecule has 0 saturated heterocycles. The Hall–Kier alpha value is -3.60. The van der Waals surface area contributed by atoms with E-state index in [4.69, 9.17) is 14.3 Å². The highest BCUT2D eigenvalue weighted by Crippen LogP contribution is 2.25. The lowest BCUT2D eigenvalue weighted by Gasteiger charge is -2.09. The lowest BCUT2D eigenvalue weighted by atomic mass is 10.0. The lowest BCUT2D eigenvalue weighted by molar-refractivity contribution is -0.148. The van der Waals surface area contributed by atoms with Crippen LogP contribution in [0.2, 0.25) is 0 Å². The molecule has 0 aliphatic heterocycles. The SMILES string of the molecule is CCOC(=O)CON=C(C)c1ccc(-c2cccc(OCc3ccccc3)c2)cc1. The molecule has 0 unspecified atom stereocenters. The molecule has 0 bridgehead atoms. The Morgan fingerprint density at radius 2 is 1.67 bits per heavy atom. The molecule has 0 saturated carbocycles. The van der Waals surface area contributed by atoms with E-state index in [1.807, 2.05) is 85.8 Å². The summed E-state index contributed by atoms with van der Waals surface area (Å²) in [6.45, 7) is 4.24. The van der Waals surface area contributed by atoms with Gasteiger partial charge < -0.3 is 14.3 Å². The van der Waals surface area contributed by atoms with Crippen LogP contribution in [-0.4, -0.2) is 24.9 Å². The molecule has 0 N–H and O–H groups in total. The molecule has 154 valence electrons. The van der Waals surface area contributed by atoms with Crippen LogP contribution in [0.25, 0.3) is 11.1 Å². The average molecular weight is 403 g/mol. The number of ether oxygens (including phenoxy) is 2. The number of hydrogen-bond donors (Lipinski definition) is 0. The number of benzene rings is 3. The summed E-state index contributed by atoms with van der Waals surface area (Å²) < 4.78 is 10.7. The zero-order chi connectivity index (χ0) is 21.2. The van der Waals surface area contributed by atoms with Crippen molar-refractivity contribution in [2.45, 2.75) is 20.5 Å². The predicted molar refractivity (Wildman–Crippen MR) is 117 cm³/mol. The smallest absolute Gasteiger partial charge is 0.347 e. The van der Waals surface area contributed by atoms with Gasteiger partial charge in [0.25, 0.3) is 0 Å². The van der Waals surface area contributed by atoms with E-state index in [1.165, 1.54) is 0 Å². The van der Waals surface area contributed by atoms with Gasteiger partial charge in [0.15, 0.2) is 0 Å². The summed E-state index contributed by atoms with van der Waals surface area (Å²) in [6, 6.07) is 26.1. The van der Waals surface area contributed by atoms with Crippen LogP contribution in [0, 0.1) is 0 Å². The van der Waals surface area contributed by atoms with Gasteiger partial charge in [-0.3, -0.25) is 0 Å². The Labute approximate surface area is 176 Å². The highest BCUT2D eigenvalue weighted by Gasteiger charge is 2.05. The van der Waals surface area contributed by atoms with E-state index in [0.29, 0.717) is 18.9 Å². The summed E-state index contributed by atoms with van der Waals surface area (Å²) in [6.07, 6.45) is 0. The number of carbonyl (C=O) groups excluding carboxylic acids is 1. The minimum absolute atomic E-state index is 0.195. The van der Waals surface area contributed by atoms with Crippen LogP contribution in [-0.2, 0) is 21.0 Å². The molecular weight excluding hydrogens is 378 g/mol. The van der Waals surface area contributed by atoms with E-state index < -0.39 is 5.97 Å². The Morgan fingerprint density at radius 1 is 0.900 bits per heavy atom. The van der Waals surface area contributed by atoms with Gasteiger partial charge in [0.1, 0.15) is 12.4 Å². The number of nitrogens with zero attached hydrogens (tertiary/aromatic N) is 1. The first-order valence-electron chi connectivity index (χ1n) is 9.85. The zero-order valence-corrected chi connectivity index (χ0v) is 17.2. The molecule has 0 amide bonds. The molecule has 0 aliphatic carbocycles. The molecule has 0 aliphatic rings. The first-order chi connectivity index (χ1) is 14.7. The van der Waals surface area contributed by atoms with Crippen LogP contribution in [0.15, 0.2) is 84.0 Å². The van der Waals surface area contributed by atoms with Gasteiger partial charge in [0, 0.05) is 0 Å². The maximum absolute atomic E-state index is 11.3. The molecule has 0 aromatic heterocycles. The van der Waals surface area contributed by atoms with Crippen molar-refractivity contribution in [3.63, 3.8) is 0 Å². The third-order valence-corrected chi connectivity index (χ3v) is 4.41. The third kappa shape index (κ3) is 6.21. The van der Waals surface area contributed by atoms with Crippen LogP contribution < -0.4 is 4.74 Å². The second kappa shape index (κ2) is 10.8. The second-order valence-corrected chi connectivity index (χ2v) is 6.63. The van der Waals surface area contributed by atoms with Crippen molar-refractivity contribution in [1.29, 1.82) is 0 Å². The minimum atomic E-state index is -0.432. The van der Waals surface area contributed by atoms with Crippen LogP contribution in [0.5, 0.6) is 5.75 Å². The Bertz CT molecular complexity index is 982. The van der Waals surface area contributed by atoms with Gasteiger partial charge in [-0.25, -0.2) is 4.79 Å². The minimum Gasteiger partial charge on any atom is -0.489 e. The molecule has 0 spiro atoms. The third-order valence-electron chi connectivity index (χ3n) is 4.41. The molecule has 0 fully saturated rings. The van der Waals surface area contributed by atoms with Gasteiger partial charge in [-0.15, -0.1) is 0 Å². The first kappa shape index (κ1) is 21.1. The van der Waals surface area contributed by atoms with E-state index in [9.17, 15) is 4.79 Å². The molecular formula is C25H25NO4. The maximum atomic E-state index is 11.3. The highest BCUT2D eigenvalue weighted by molar-refractivity contribution is 5.98. The maximum Gasteiger partial charge on any atom is 0.347 e. The summed E-state index contributed by atoms with van der Waals surface area (Å²) in [5, 5.41) is 3.98. The van der Waals surface area contributed by atoms with E-state index in [-0.39, 0.29) is 6.61 Å². The summed E-state index contributed by atoms with van der Waals surface area (Å²) in [4.78, 5) is 16.3. The number of rotatable bonds is 9. The average Bonchev–Trinajstić information content (AvgIpc) is 2.79. The number of hydrogen-bond acceptors (Lipinski definition) is 5. The van der Waals surface area contributed by atoms with Gasteiger partial charge in [0.05, 0.1) is 12.3 Å². The van der Waals surface area contributed by atoms with Crippen LogP contribution in [0.1, 0.15) is 25.0 Å². The first-order valence-corrected chi connectivity index (χ1v) is 9.85. The van der Waals surface area contributed by atoms with Crippen molar-refractivity contribution in [3.8, 4) is 16.9 Å². The van der Waals surface area contributed by atoms with E-state index >= 15 is 0 Å². The fourth-order valence-corrected chi connectivity index (χ4v) is 2.85. The largest absolute Gasteiger partial charge is 0.489 e. The number of esters is 1. The van der Waals surface area contributed by atoms with Crippen molar-refractivity contribution >= 4 is 11.7 Å². The Balaban J connectivity index is 1.62. The van der Waals surface area contributed by atoms with Gasteiger partial charge in [-0.1, -0.05) is 71.9 Å².